The van der Waals surface area contributed by atoms with Crippen molar-refractivity contribution in [1.82, 2.24) is 0 Å². The third-order valence-corrected chi connectivity index (χ3v) is 6.05. The zero-order valence-corrected chi connectivity index (χ0v) is 14.3. The Morgan fingerprint density at radius 1 is 1.05 bits per heavy atom. The van der Waals surface area contributed by atoms with Gasteiger partial charge in [0.2, 0.25) is 0 Å². The first-order valence-electron chi connectivity index (χ1n) is 6.39. The van der Waals surface area contributed by atoms with Crippen LogP contribution in [0.2, 0.25) is 0 Å². The van der Waals surface area contributed by atoms with E-state index in [9.17, 15) is 5.11 Å². The van der Waals surface area contributed by atoms with Gasteiger partial charge in [-0.3, -0.25) is 0 Å². The standard InChI is InChI=1S/C15H14Br2OS/c16-13-8-12(15(17)19-13)14(18)11-6-5-9-3-1-2-4-10(9)7-11/h5-8,14,18H,1-4H2. The van der Waals surface area contributed by atoms with E-state index in [4.69, 9.17) is 0 Å². The van der Waals surface area contributed by atoms with E-state index in [0.717, 1.165) is 25.1 Å². The first kappa shape index (κ1) is 13.8. The van der Waals surface area contributed by atoms with Crippen molar-refractivity contribution in [2.75, 3.05) is 0 Å². The van der Waals surface area contributed by atoms with E-state index >= 15 is 0 Å². The number of aliphatic hydroxyl groups is 1. The molecule has 0 spiro atoms. The molecule has 1 unspecified atom stereocenters. The van der Waals surface area contributed by atoms with Crippen LogP contribution in [-0.4, -0.2) is 5.11 Å². The van der Waals surface area contributed by atoms with E-state index < -0.39 is 6.10 Å². The van der Waals surface area contributed by atoms with Crippen LogP contribution in [0.3, 0.4) is 0 Å². The van der Waals surface area contributed by atoms with Crippen molar-refractivity contribution in [1.29, 1.82) is 0 Å². The molecule has 1 aromatic heterocycles. The molecule has 0 aliphatic heterocycles. The van der Waals surface area contributed by atoms with E-state index in [1.54, 1.807) is 11.3 Å². The van der Waals surface area contributed by atoms with Gasteiger partial charge in [-0.1, -0.05) is 18.2 Å². The van der Waals surface area contributed by atoms with Gasteiger partial charge < -0.3 is 5.11 Å². The lowest BCUT2D eigenvalue weighted by Gasteiger charge is -2.18. The van der Waals surface area contributed by atoms with Crippen molar-refractivity contribution in [3.05, 3.63) is 54.1 Å². The molecule has 0 radical (unpaired) electrons. The molecule has 3 rings (SSSR count). The van der Waals surface area contributed by atoms with Gasteiger partial charge >= 0.3 is 0 Å². The van der Waals surface area contributed by atoms with Crippen LogP contribution in [0, 0.1) is 0 Å². The minimum absolute atomic E-state index is 0.552. The second-order valence-electron chi connectivity index (χ2n) is 4.92. The van der Waals surface area contributed by atoms with Gasteiger partial charge in [-0.05, 0) is 80.3 Å². The zero-order valence-electron chi connectivity index (χ0n) is 10.3. The third-order valence-electron chi connectivity index (χ3n) is 3.67. The Hall–Kier alpha value is -0.160. The molecular weight excluding hydrogens is 388 g/mol. The van der Waals surface area contributed by atoms with Crippen LogP contribution >= 0.6 is 43.2 Å². The number of fused-ring (bicyclic) bond motifs is 1. The average Bonchev–Trinajstić information content (AvgIpc) is 2.76. The van der Waals surface area contributed by atoms with Gasteiger partial charge in [0.1, 0.15) is 6.10 Å². The first-order chi connectivity index (χ1) is 9.15. The molecule has 0 bridgehead atoms. The van der Waals surface area contributed by atoms with E-state index in [-0.39, 0.29) is 0 Å². The Morgan fingerprint density at radius 3 is 2.47 bits per heavy atom. The van der Waals surface area contributed by atoms with Crippen molar-refractivity contribution < 1.29 is 5.11 Å². The SMILES string of the molecule is OC(c1ccc2c(c1)CCCC2)c1cc(Br)sc1Br. The van der Waals surface area contributed by atoms with Crippen LogP contribution in [0.4, 0.5) is 0 Å². The maximum absolute atomic E-state index is 10.5. The van der Waals surface area contributed by atoms with Gasteiger partial charge in [0.25, 0.3) is 0 Å². The van der Waals surface area contributed by atoms with Crippen LogP contribution in [0.15, 0.2) is 31.8 Å². The molecule has 19 heavy (non-hydrogen) atoms. The van der Waals surface area contributed by atoms with Gasteiger partial charge in [-0.25, -0.2) is 0 Å². The topological polar surface area (TPSA) is 20.2 Å². The number of thiophene rings is 1. The summed E-state index contributed by atoms with van der Waals surface area (Å²) in [6.07, 6.45) is 4.33. The number of hydrogen-bond donors (Lipinski definition) is 1. The summed E-state index contributed by atoms with van der Waals surface area (Å²) in [7, 11) is 0. The predicted octanol–water partition coefficient (Wildman–Crippen LogP) is 5.23. The van der Waals surface area contributed by atoms with Crippen molar-refractivity contribution in [2.24, 2.45) is 0 Å². The predicted molar refractivity (Wildman–Crippen MR) is 86.9 cm³/mol. The van der Waals surface area contributed by atoms with Crippen LogP contribution in [0.25, 0.3) is 0 Å². The summed E-state index contributed by atoms with van der Waals surface area (Å²) >= 11 is 8.57. The van der Waals surface area contributed by atoms with E-state index in [1.165, 1.54) is 30.4 Å². The summed E-state index contributed by atoms with van der Waals surface area (Å²) in [6, 6.07) is 8.41. The highest BCUT2D eigenvalue weighted by Gasteiger charge is 2.18. The highest BCUT2D eigenvalue weighted by Crippen LogP contribution is 2.38. The average molecular weight is 402 g/mol. The van der Waals surface area contributed by atoms with Gasteiger partial charge in [0.05, 0.1) is 7.57 Å². The second kappa shape index (κ2) is 5.68. The third kappa shape index (κ3) is 2.82. The summed E-state index contributed by atoms with van der Waals surface area (Å²) in [6.45, 7) is 0. The second-order valence-corrected chi connectivity index (χ2v) is 8.67. The zero-order chi connectivity index (χ0) is 13.4. The van der Waals surface area contributed by atoms with Crippen molar-refractivity contribution in [3.63, 3.8) is 0 Å². The van der Waals surface area contributed by atoms with Gasteiger partial charge in [0, 0.05) is 5.56 Å². The minimum Gasteiger partial charge on any atom is -0.384 e. The number of hydrogen-bond acceptors (Lipinski definition) is 2. The summed E-state index contributed by atoms with van der Waals surface area (Å²) in [5.41, 5.74) is 4.79. The summed E-state index contributed by atoms with van der Waals surface area (Å²) < 4.78 is 2.02. The molecule has 1 aliphatic carbocycles. The largest absolute Gasteiger partial charge is 0.384 e. The fraction of sp³-hybridized carbons (Fsp3) is 0.333. The highest BCUT2D eigenvalue weighted by atomic mass is 79.9. The first-order valence-corrected chi connectivity index (χ1v) is 8.80. The Balaban J connectivity index is 1.95. The monoisotopic (exact) mass is 400 g/mol. The number of benzene rings is 1. The molecular formula is C15H14Br2OS. The molecule has 0 saturated heterocycles. The molecule has 4 heteroatoms. The van der Waals surface area contributed by atoms with Crippen LogP contribution in [0.1, 0.15) is 41.2 Å². The summed E-state index contributed by atoms with van der Waals surface area (Å²) in [4.78, 5) is 0. The van der Waals surface area contributed by atoms with Crippen LogP contribution in [0.5, 0.6) is 0 Å². The van der Waals surface area contributed by atoms with Gasteiger partial charge in [-0.2, -0.15) is 0 Å². The molecule has 1 N–H and O–H groups in total. The van der Waals surface area contributed by atoms with Crippen LogP contribution < -0.4 is 0 Å². The summed E-state index contributed by atoms with van der Waals surface area (Å²) in [5.74, 6) is 0. The fourth-order valence-electron chi connectivity index (χ4n) is 2.64. The lowest BCUT2D eigenvalue weighted by atomic mass is 9.89. The molecule has 1 nitrogen and oxygen atoms in total. The fourth-order valence-corrected chi connectivity index (χ4v) is 5.53. The van der Waals surface area contributed by atoms with E-state index in [2.05, 4.69) is 50.1 Å². The number of halogens is 2. The Morgan fingerprint density at radius 2 is 1.79 bits per heavy atom. The lowest BCUT2D eigenvalue weighted by molar-refractivity contribution is 0.220. The quantitative estimate of drug-likeness (QED) is 0.729. The Labute approximate surface area is 133 Å². The molecule has 100 valence electrons. The molecule has 2 aromatic rings. The van der Waals surface area contributed by atoms with E-state index in [0.29, 0.717) is 0 Å². The van der Waals surface area contributed by atoms with Crippen LogP contribution in [-0.2, 0) is 12.8 Å². The van der Waals surface area contributed by atoms with Crippen molar-refractivity contribution in [2.45, 2.75) is 31.8 Å². The maximum atomic E-state index is 10.5. The minimum atomic E-state index is -0.552. The molecule has 0 fully saturated rings. The van der Waals surface area contributed by atoms with E-state index in [1.807, 2.05) is 6.07 Å². The molecule has 1 aromatic carbocycles. The Kier molecular flexibility index (Phi) is 4.13. The highest BCUT2D eigenvalue weighted by molar-refractivity contribution is 9.12. The lowest BCUT2D eigenvalue weighted by Crippen LogP contribution is -2.06. The van der Waals surface area contributed by atoms with Crippen molar-refractivity contribution in [3.8, 4) is 0 Å². The molecule has 1 aliphatic rings. The maximum Gasteiger partial charge on any atom is 0.106 e. The summed E-state index contributed by atoms with van der Waals surface area (Å²) in [5, 5.41) is 10.5. The Bertz CT molecular complexity index is 606. The molecule has 0 saturated carbocycles. The number of aliphatic hydroxyl groups excluding tert-OH is 1. The number of rotatable bonds is 2. The normalized spacial score (nSPS) is 16.2. The smallest absolute Gasteiger partial charge is 0.106 e. The van der Waals surface area contributed by atoms with Gasteiger partial charge in [-0.15, -0.1) is 11.3 Å². The molecule has 0 amide bonds. The number of aryl methyl sites for hydroxylation is 2. The molecule has 1 heterocycles. The molecule has 1 atom stereocenters. The van der Waals surface area contributed by atoms with Gasteiger partial charge in [0.15, 0.2) is 0 Å². The van der Waals surface area contributed by atoms with Crippen molar-refractivity contribution >= 4 is 43.2 Å².